The lowest BCUT2D eigenvalue weighted by Crippen LogP contribution is -2.45. The number of hydrogen-bond donors (Lipinski definition) is 2. The molecule has 1 amide bonds. The van der Waals surface area contributed by atoms with Crippen molar-refractivity contribution >= 4 is 6.09 Å². The molecule has 0 aromatic heterocycles. The molecule has 0 unspecified atom stereocenters. The lowest BCUT2D eigenvalue weighted by molar-refractivity contribution is 0.104. The van der Waals surface area contributed by atoms with Gasteiger partial charge in [0.1, 0.15) is 6.61 Å². The van der Waals surface area contributed by atoms with Gasteiger partial charge >= 0.3 is 6.09 Å². The highest BCUT2D eigenvalue weighted by atomic mass is 16.6. The van der Waals surface area contributed by atoms with Crippen LogP contribution in [0.25, 0.3) is 0 Å². The summed E-state index contributed by atoms with van der Waals surface area (Å²) in [7, 11) is 2.11. The van der Waals surface area contributed by atoms with Gasteiger partial charge in [-0.15, -0.1) is 0 Å². The number of carbonyl (C=O) groups is 1. The maximum atomic E-state index is 10.6. The molecule has 82 valence electrons. The third-order valence-electron chi connectivity index (χ3n) is 2.35. The number of hydrazine groups is 1. The number of likely N-dealkylation sites (N-methyl/N-ethyl adjacent to an activating group) is 1. The van der Waals surface area contributed by atoms with E-state index in [1.54, 1.807) is 0 Å². The molecule has 0 atom stereocenters. The highest BCUT2D eigenvalue weighted by molar-refractivity contribution is 5.66. The zero-order valence-electron chi connectivity index (χ0n) is 8.53. The van der Waals surface area contributed by atoms with E-state index in [0.29, 0.717) is 6.61 Å². The van der Waals surface area contributed by atoms with E-state index in [2.05, 4.69) is 16.8 Å². The van der Waals surface area contributed by atoms with Crippen LogP contribution < -0.4 is 11.3 Å². The van der Waals surface area contributed by atoms with Crippen molar-refractivity contribution in [1.29, 1.82) is 0 Å². The first-order chi connectivity index (χ1) is 6.72. The fourth-order valence-electron chi connectivity index (χ4n) is 1.38. The van der Waals surface area contributed by atoms with Crippen LogP contribution in [-0.4, -0.2) is 62.3 Å². The van der Waals surface area contributed by atoms with E-state index in [0.717, 1.165) is 32.7 Å². The fourth-order valence-corrected chi connectivity index (χ4v) is 1.38. The van der Waals surface area contributed by atoms with Gasteiger partial charge in [-0.05, 0) is 7.05 Å². The number of nitrogens with one attached hydrogen (secondary N) is 1. The number of carbonyl (C=O) groups excluding carboxylic acids is 1. The maximum absolute atomic E-state index is 10.6. The molecule has 0 radical (unpaired) electrons. The van der Waals surface area contributed by atoms with Crippen molar-refractivity contribution in [2.75, 3.05) is 46.4 Å². The quantitative estimate of drug-likeness (QED) is 0.343. The standard InChI is InChI=1S/C8H18N4O2/c1-11-2-4-12(5-3-11)6-7-14-8(13)10-9/h2-7,9H2,1H3,(H,10,13). The molecule has 1 rings (SSSR count). The number of amides is 1. The van der Waals surface area contributed by atoms with Gasteiger partial charge in [0.2, 0.25) is 0 Å². The minimum absolute atomic E-state index is 0.396. The molecule has 6 nitrogen and oxygen atoms in total. The molecule has 3 N–H and O–H groups in total. The first-order valence-electron chi connectivity index (χ1n) is 4.76. The Morgan fingerprint density at radius 1 is 1.43 bits per heavy atom. The molecule has 0 spiro atoms. The third kappa shape index (κ3) is 3.91. The van der Waals surface area contributed by atoms with Gasteiger partial charge in [-0.25, -0.2) is 10.6 Å². The molecular formula is C8H18N4O2. The summed E-state index contributed by atoms with van der Waals surface area (Å²) in [4.78, 5) is 15.2. The zero-order valence-corrected chi connectivity index (χ0v) is 8.53. The average Bonchev–Trinajstić information content (AvgIpc) is 2.21. The minimum atomic E-state index is -0.570. The summed E-state index contributed by atoms with van der Waals surface area (Å²) in [6.45, 7) is 5.38. The van der Waals surface area contributed by atoms with Gasteiger partial charge in [-0.2, -0.15) is 0 Å². The van der Waals surface area contributed by atoms with Gasteiger partial charge in [-0.3, -0.25) is 10.3 Å². The number of hydrogen-bond acceptors (Lipinski definition) is 5. The lowest BCUT2D eigenvalue weighted by Gasteiger charge is -2.31. The number of rotatable bonds is 3. The topological polar surface area (TPSA) is 70.8 Å². The summed E-state index contributed by atoms with van der Waals surface area (Å²) >= 11 is 0. The molecule has 14 heavy (non-hydrogen) atoms. The van der Waals surface area contributed by atoms with Gasteiger partial charge in [0, 0.05) is 32.7 Å². The molecule has 1 saturated heterocycles. The van der Waals surface area contributed by atoms with E-state index in [4.69, 9.17) is 10.6 Å². The number of nitrogens with zero attached hydrogens (tertiary/aromatic N) is 2. The Kier molecular flexibility index (Phi) is 4.64. The lowest BCUT2D eigenvalue weighted by atomic mass is 10.3. The van der Waals surface area contributed by atoms with E-state index in [1.807, 2.05) is 5.43 Å². The van der Waals surface area contributed by atoms with E-state index in [1.165, 1.54) is 0 Å². The first kappa shape index (κ1) is 11.2. The average molecular weight is 202 g/mol. The van der Waals surface area contributed by atoms with Crippen molar-refractivity contribution in [3.8, 4) is 0 Å². The van der Waals surface area contributed by atoms with Gasteiger partial charge in [0.05, 0.1) is 0 Å². The van der Waals surface area contributed by atoms with Crippen LogP contribution in [0.2, 0.25) is 0 Å². The number of piperazine rings is 1. The van der Waals surface area contributed by atoms with Crippen LogP contribution >= 0.6 is 0 Å². The molecule has 0 aliphatic carbocycles. The summed E-state index contributed by atoms with van der Waals surface area (Å²) in [5, 5.41) is 0. The van der Waals surface area contributed by atoms with Gasteiger partial charge in [0.15, 0.2) is 0 Å². The fraction of sp³-hybridized carbons (Fsp3) is 0.875. The third-order valence-corrected chi connectivity index (χ3v) is 2.35. The van der Waals surface area contributed by atoms with Crippen molar-refractivity contribution in [1.82, 2.24) is 15.2 Å². The van der Waals surface area contributed by atoms with E-state index in [9.17, 15) is 4.79 Å². The Morgan fingerprint density at radius 3 is 2.64 bits per heavy atom. The predicted molar refractivity (Wildman–Crippen MR) is 52.6 cm³/mol. The van der Waals surface area contributed by atoms with Gasteiger partial charge in [-0.1, -0.05) is 0 Å². The second kappa shape index (κ2) is 5.79. The summed E-state index contributed by atoms with van der Waals surface area (Å²) in [6.07, 6.45) is -0.570. The van der Waals surface area contributed by atoms with E-state index < -0.39 is 6.09 Å². The Hall–Kier alpha value is -0.850. The molecule has 1 aliphatic heterocycles. The number of nitrogens with two attached hydrogens (primary N) is 1. The van der Waals surface area contributed by atoms with Crippen LogP contribution in [0.15, 0.2) is 0 Å². The van der Waals surface area contributed by atoms with Gasteiger partial charge in [0.25, 0.3) is 0 Å². The summed E-state index contributed by atoms with van der Waals surface area (Å²) in [5.74, 6) is 4.86. The largest absolute Gasteiger partial charge is 0.447 e. The maximum Gasteiger partial charge on any atom is 0.421 e. The highest BCUT2D eigenvalue weighted by Crippen LogP contribution is 1.98. The normalized spacial score (nSPS) is 19.3. The number of ether oxygens (including phenoxy) is 1. The van der Waals surface area contributed by atoms with Crippen LogP contribution in [-0.2, 0) is 4.74 Å². The first-order valence-corrected chi connectivity index (χ1v) is 4.76. The molecule has 0 saturated carbocycles. The summed E-state index contributed by atoms with van der Waals surface area (Å²) in [6, 6.07) is 0. The van der Waals surface area contributed by atoms with Crippen molar-refractivity contribution in [3.05, 3.63) is 0 Å². The molecule has 0 bridgehead atoms. The molecule has 0 aromatic carbocycles. The molecular weight excluding hydrogens is 184 g/mol. The van der Waals surface area contributed by atoms with Crippen molar-refractivity contribution in [3.63, 3.8) is 0 Å². The van der Waals surface area contributed by atoms with E-state index >= 15 is 0 Å². The van der Waals surface area contributed by atoms with Crippen LogP contribution in [0.5, 0.6) is 0 Å². The molecule has 1 fully saturated rings. The molecule has 0 aromatic rings. The van der Waals surface area contributed by atoms with Crippen LogP contribution in [0.3, 0.4) is 0 Å². The second-order valence-corrected chi connectivity index (χ2v) is 3.43. The Labute approximate surface area is 83.9 Å². The van der Waals surface area contributed by atoms with E-state index in [-0.39, 0.29) is 0 Å². The highest BCUT2D eigenvalue weighted by Gasteiger charge is 2.13. The molecule has 1 aliphatic rings. The second-order valence-electron chi connectivity index (χ2n) is 3.43. The van der Waals surface area contributed by atoms with Crippen LogP contribution in [0.1, 0.15) is 0 Å². The van der Waals surface area contributed by atoms with Crippen LogP contribution in [0, 0.1) is 0 Å². The summed E-state index contributed by atoms with van der Waals surface area (Å²) < 4.78 is 4.79. The SMILES string of the molecule is CN1CCN(CCOC(=O)NN)CC1. The van der Waals surface area contributed by atoms with Crippen molar-refractivity contribution in [2.45, 2.75) is 0 Å². The van der Waals surface area contributed by atoms with Crippen molar-refractivity contribution in [2.24, 2.45) is 5.84 Å². The zero-order chi connectivity index (χ0) is 10.4. The Morgan fingerprint density at radius 2 is 2.07 bits per heavy atom. The predicted octanol–water partition coefficient (Wildman–Crippen LogP) is -1.17. The summed E-state index contributed by atoms with van der Waals surface area (Å²) in [5.41, 5.74) is 1.92. The minimum Gasteiger partial charge on any atom is -0.447 e. The molecule has 6 heteroatoms. The Bertz CT molecular complexity index is 180. The van der Waals surface area contributed by atoms with Gasteiger partial charge < -0.3 is 9.64 Å². The van der Waals surface area contributed by atoms with Crippen molar-refractivity contribution < 1.29 is 9.53 Å². The van der Waals surface area contributed by atoms with Crippen LogP contribution in [0.4, 0.5) is 4.79 Å². The smallest absolute Gasteiger partial charge is 0.421 e. The monoisotopic (exact) mass is 202 g/mol. The molecule has 1 heterocycles. The Balaban J connectivity index is 2.04.